The molecule has 0 aliphatic rings. The Morgan fingerprint density at radius 2 is 1.92 bits per heavy atom. The van der Waals surface area contributed by atoms with Crippen molar-refractivity contribution in [2.75, 3.05) is 12.4 Å². The van der Waals surface area contributed by atoms with Gasteiger partial charge in [-0.3, -0.25) is 9.59 Å². The monoisotopic (exact) mass is 377 g/mol. The van der Waals surface area contributed by atoms with Crippen molar-refractivity contribution < 1.29 is 14.3 Å². The van der Waals surface area contributed by atoms with Gasteiger partial charge in [-0.05, 0) is 37.1 Å². The lowest BCUT2D eigenvalue weighted by molar-refractivity contribution is -0.145. The zero-order valence-corrected chi connectivity index (χ0v) is 15.7. The van der Waals surface area contributed by atoms with Crippen molar-refractivity contribution in [2.45, 2.75) is 25.3 Å². The molecule has 6 heteroatoms. The van der Waals surface area contributed by atoms with E-state index < -0.39 is 5.97 Å². The molecule has 0 atom stereocenters. The molecule has 0 aliphatic heterocycles. The molecule has 0 bridgehead atoms. The summed E-state index contributed by atoms with van der Waals surface area (Å²) in [7, 11) is 0. The van der Waals surface area contributed by atoms with Crippen molar-refractivity contribution in [3.63, 3.8) is 0 Å². The van der Waals surface area contributed by atoms with Gasteiger partial charge in [0.15, 0.2) is 6.61 Å². The summed E-state index contributed by atoms with van der Waals surface area (Å²) < 4.78 is 5.01. The molecule has 25 heavy (non-hydrogen) atoms. The minimum absolute atomic E-state index is 0.169. The molecule has 2 aromatic rings. The van der Waals surface area contributed by atoms with E-state index in [1.54, 1.807) is 6.07 Å². The maximum Gasteiger partial charge on any atom is 0.316 e. The average molecular weight is 378 g/mol. The van der Waals surface area contributed by atoms with E-state index in [0.717, 1.165) is 21.6 Å². The first kappa shape index (κ1) is 19.3. The lowest BCUT2D eigenvalue weighted by Crippen LogP contribution is -2.28. The van der Waals surface area contributed by atoms with E-state index in [2.05, 4.69) is 5.32 Å². The van der Waals surface area contributed by atoms with Crippen LogP contribution in [0.25, 0.3) is 0 Å². The lowest BCUT2D eigenvalue weighted by atomic mass is 10.2. The maximum absolute atomic E-state index is 11.8. The Morgan fingerprint density at radius 3 is 2.68 bits per heavy atom. The minimum Gasteiger partial charge on any atom is -0.455 e. The molecule has 4 nitrogen and oxygen atoms in total. The molecule has 0 heterocycles. The number of thioether (sulfide) groups is 1. The molecule has 0 radical (unpaired) electrons. The molecule has 1 amide bonds. The van der Waals surface area contributed by atoms with Crippen LogP contribution in [-0.2, 0) is 20.9 Å². The van der Waals surface area contributed by atoms with Crippen molar-refractivity contribution in [1.82, 2.24) is 5.32 Å². The maximum atomic E-state index is 11.8. The normalized spacial score (nSPS) is 10.4. The van der Waals surface area contributed by atoms with Gasteiger partial charge in [-0.2, -0.15) is 0 Å². The summed E-state index contributed by atoms with van der Waals surface area (Å²) in [5, 5.41) is 3.27. The zero-order chi connectivity index (χ0) is 18.2. The molecule has 0 saturated heterocycles. The van der Waals surface area contributed by atoms with Gasteiger partial charge in [0, 0.05) is 16.5 Å². The van der Waals surface area contributed by atoms with E-state index in [1.807, 2.05) is 50.2 Å². The van der Waals surface area contributed by atoms with Gasteiger partial charge in [0.1, 0.15) is 0 Å². The van der Waals surface area contributed by atoms with E-state index in [4.69, 9.17) is 16.3 Å². The van der Waals surface area contributed by atoms with Crippen molar-refractivity contribution in [3.8, 4) is 0 Å². The predicted octanol–water partition coefficient (Wildman–Crippen LogP) is 3.91. The van der Waals surface area contributed by atoms with Crippen LogP contribution in [0, 0.1) is 13.8 Å². The second kappa shape index (κ2) is 9.49. The van der Waals surface area contributed by atoms with Gasteiger partial charge in [0.25, 0.3) is 5.91 Å². The number of benzene rings is 2. The Labute approximate surface area is 156 Å². The number of halogens is 1. The van der Waals surface area contributed by atoms with E-state index in [1.165, 1.54) is 11.8 Å². The largest absolute Gasteiger partial charge is 0.455 e. The molecule has 0 aliphatic carbocycles. The number of carbonyl (C=O) groups excluding carboxylic acids is 2. The highest BCUT2D eigenvalue weighted by molar-refractivity contribution is 8.00. The molecule has 0 spiro atoms. The first-order chi connectivity index (χ1) is 12.0. The summed E-state index contributed by atoms with van der Waals surface area (Å²) in [5.74, 6) is -0.606. The zero-order valence-electron chi connectivity index (χ0n) is 14.2. The van der Waals surface area contributed by atoms with Gasteiger partial charge in [-0.15, -0.1) is 11.8 Å². The highest BCUT2D eigenvalue weighted by Gasteiger charge is 2.10. The number of aryl methyl sites for hydroxylation is 2. The Bertz CT molecular complexity index is 764. The Balaban J connectivity index is 1.71. The molecule has 2 aromatic carbocycles. The molecule has 2 rings (SSSR count). The fourth-order valence-electron chi connectivity index (χ4n) is 2.07. The van der Waals surface area contributed by atoms with E-state index in [-0.39, 0.29) is 18.3 Å². The van der Waals surface area contributed by atoms with Gasteiger partial charge < -0.3 is 10.1 Å². The minimum atomic E-state index is -0.418. The third-order valence-corrected chi connectivity index (χ3v) is 4.99. The predicted molar refractivity (Wildman–Crippen MR) is 101 cm³/mol. The van der Waals surface area contributed by atoms with Crippen LogP contribution >= 0.6 is 23.4 Å². The number of esters is 1. The third-order valence-electron chi connectivity index (χ3n) is 3.49. The second-order valence-electron chi connectivity index (χ2n) is 5.59. The number of hydrogen-bond acceptors (Lipinski definition) is 4. The van der Waals surface area contributed by atoms with Crippen LogP contribution in [0.3, 0.4) is 0 Å². The lowest BCUT2D eigenvalue weighted by Gasteiger charge is -2.09. The van der Waals surface area contributed by atoms with Crippen LogP contribution in [0.2, 0.25) is 5.02 Å². The molecule has 0 saturated carbocycles. The summed E-state index contributed by atoms with van der Waals surface area (Å²) in [5.41, 5.74) is 3.07. The molecule has 0 fully saturated rings. The van der Waals surface area contributed by atoms with Crippen molar-refractivity contribution >= 4 is 35.2 Å². The third kappa shape index (κ3) is 6.44. The standard InChI is InChI=1S/C19H20ClNO3S/c1-13-7-8-14(2)17(9-13)25-12-19(23)24-11-18(22)21-10-15-5-3-4-6-16(15)20/h3-9H,10-12H2,1-2H3,(H,21,22). The first-order valence-electron chi connectivity index (χ1n) is 7.81. The van der Waals surface area contributed by atoms with Crippen molar-refractivity contribution in [1.29, 1.82) is 0 Å². The first-order valence-corrected chi connectivity index (χ1v) is 9.18. The van der Waals surface area contributed by atoms with E-state index >= 15 is 0 Å². The number of nitrogens with one attached hydrogen (secondary N) is 1. The molecule has 0 unspecified atom stereocenters. The summed E-state index contributed by atoms with van der Waals surface area (Å²) in [6.45, 7) is 4.00. The van der Waals surface area contributed by atoms with E-state index in [9.17, 15) is 9.59 Å². The number of carbonyl (C=O) groups is 2. The fourth-order valence-corrected chi connectivity index (χ4v) is 3.20. The number of rotatable bonds is 7. The van der Waals surface area contributed by atoms with Crippen molar-refractivity contribution in [2.24, 2.45) is 0 Å². The fraction of sp³-hybridized carbons (Fsp3) is 0.263. The highest BCUT2D eigenvalue weighted by Crippen LogP contribution is 2.23. The van der Waals surface area contributed by atoms with E-state index in [0.29, 0.717) is 11.6 Å². The number of ether oxygens (including phenoxy) is 1. The van der Waals surface area contributed by atoms with Gasteiger partial charge in [0.2, 0.25) is 0 Å². The van der Waals surface area contributed by atoms with Crippen LogP contribution in [-0.4, -0.2) is 24.2 Å². The number of hydrogen-bond donors (Lipinski definition) is 1. The topological polar surface area (TPSA) is 55.4 Å². The van der Waals surface area contributed by atoms with Crippen LogP contribution in [0.5, 0.6) is 0 Å². The van der Waals surface area contributed by atoms with Gasteiger partial charge in [-0.1, -0.05) is 47.5 Å². The van der Waals surface area contributed by atoms with Crippen LogP contribution < -0.4 is 5.32 Å². The second-order valence-corrected chi connectivity index (χ2v) is 7.01. The summed E-state index contributed by atoms with van der Waals surface area (Å²) in [6.07, 6.45) is 0. The summed E-state index contributed by atoms with van der Waals surface area (Å²) in [6, 6.07) is 13.3. The molecule has 0 aromatic heterocycles. The summed E-state index contributed by atoms with van der Waals surface area (Å²) >= 11 is 7.43. The molecular weight excluding hydrogens is 358 g/mol. The molecule has 132 valence electrons. The molecule has 1 N–H and O–H groups in total. The van der Waals surface area contributed by atoms with Gasteiger partial charge in [0.05, 0.1) is 5.75 Å². The SMILES string of the molecule is Cc1ccc(C)c(SCC(=O)OCC(=O)NCc2ccccc2Cl)c1. The van der Waals surface area contributed by atoms with Gasteiger partial charge >= 0.3 is 5.97 Å². The molecular formula is C19H20ClNO3S. The van der Waals surface area contributed by atoms with Crippen LogP contribution in [0.4, 0.5) is 0 Å². The van der Waals surface area contributed by atoms with Crippen LogP contribution in [0.1, 0.15) is 16.7 Å². The van der Waals surface area contributed by atoms with Crippen molar-refractivity contribution in [3.05, 3.63) is 64.2 Å². The van der Waals surface area contributed by atoms with Gasteiger partial charge in [-0.25, -0.2) is 0 Å². The Kier molecular flexibility index (Phi) is 7.34. The average Bonchev–Trinajstić information content (AvgIpc) is 2.60. The number of amides is 1. The quantitative estimate of drug-likeness (QED) is 0.587. The Hall–Kier alpha value is -1.98. The smallest absolute Gasteiger partial charge is 0.316 e. The van der Waals surface area contributed by atoms with Crippen LogP contribution in [0.15, 0.2) is 47.4 Å². The summed E-state index contributed by atoms with van der Waals surface area (Å²) in [4.78, 5) is 24.6. The Morgan fingerprint density at radius 1 is 1.16 bits per heavy atom. The highest BCUT2D eigenvalue weighted by atomic mass is 35.5.